The SMILES string of the molecule is NC(=O)OCCNS(=O)(=O)Cc1ccccc1N. The molecule has 0 saturated heterocycles. The van der Waals surface area contributed by atoms with Gasteiger partial charge < -0.3 is 16.2 Å². The maximum atomic E-state index is 11.7. The van der Waals surface area contributed by atoms with Crippen molar-refractivity contribution in [3.05, 3.63) is 29.8 Å². The second kappa shape index (κ2) is 6.22. The molecule has 1 aromatic carbocycles. The van der Waals surface area contributed by atoms with Crippen molar-refractivity contribution in [3.8, 4) is 0 Å². The lowest BCUT2D eigenvalue weighted by atomic mass is 10.2. The Hall–Kier alpha value is -1.80. The molecule has 1 rings (SSSR count). The summed E-state index contributed by atoms with van der Waals surface area (Å²) in [7, 11) is -3.52. The number of nitrogens with one attached hydrogen (secondary N) is 1. The van der Waals surface area contributed by atoms with E-state index in [1.54, 1.807) is 24.3 Å². The Morgan fingerprint density at radius 2 is 2.00 bits per heavy atom. The van der Waals surface area contributed by atoms with Crippen LogP contribution in [0.25, 0.3) is 0 Å². The number of benzene rings is 1. The summed E-state index contributed by atoms with van der Waals surface area (Å²) in [6.07, 6.45) is -0.943. The molecule has 0 atom stereocenters. The quantitative estimate of drug-likeness (QED) is 0.488. The Morgan fingerprint density at radius 1 is 1.33 bits per heavy atom. The highest BCUT2D eigenvalue weighted by atomic mass is 32.2. The summed E-state index contributed by atoms with van der Waals surface area (Å²) in [6, 6.07) is 6.69. The van der Waals surface area contributed by atoms with Gasteiger partial charge >= 0.3 is 6.09 Å². The van der Waals surface area contributed by atoms with E-state index in [4.69, 9.17) is 11.5 Å². The van der Waals surface area contributed by atoms with Gasteiger partial charge in [0.25, 0.3) is 0 Å². The minimum Gasteiger partial charge on any atom is -0.448 e. The van der Waals surface area contributed by atoms with Gasteiger partial charge in [-0.3, -0.25) is 0 Å². The molecule has 0 fully saturated rings. The topological polar surface area (TPSA) is 125 Å². The molecule has 18 heavy (non-hydrogen) atoms. The first-order chi connectivity index (χ1) is 8.41. The van der Waals surface area contributed by atoms with Crippen molar-refractivity contribution in [1.82, 2.24) is 4.72 Å². The highest BCUT2D eigenvalue weighted by Gasteiger charge is 2.12. The number of hydrogen-bond donors (Lipinski definition) is 3. The minimum atomic E-state index is -3.52. The van der Waals surface area contributed by atoms with Crippen LogP contribution in [0.3, 0.4) is 0 Å². The van der Waals surface area contributed by atoms with E-state index in [0.29, 0.717) is 11.3 Å². The van der Waals surface area contributed by atoms with Gasteiger partial charge in [0.1, 0.15) is 6.61 Å². The standard InChI is InChI=1S/C10H15N3O4S/c11-9-4-2-1-3-8(9)7-18(15,16)13-5-6-17-10(12)14/h1-4,13H,5-7,11H2,(H2,12,14). The molecule has 7 nitrogen and oxygen atoms in total. The summed E-state index contributed by atoms with van der Waals surface area (Å²) < 4.78 is 30.0. The van der Waals surface area contributed by atoms with Gasteiger partial charge in [-0.05, 0) is 11.6 Å². The maximum Gasteiger partial charge on any atom is 0.404 e. The minimum absolute atomic E-state index is 0.0298. The second-order valence-electron chi connectivity index (χ2n) is 3.52. The molecule has 8 heteroatoms. The predicted molar refractivity (Wildman–Crippen MR) is 67.0 cm³/mol. The average Bonchev–Trinajstić information content (AvgIpc) is 2.27. The highest BCUT2D eigenvalue weighted by Crippen LogP contribution is 2.13. The predicted octanol–water partition coefficient (Wildman–Crippen LogP) is -0.216. The van der Waals surface area contributed by atoms with Crippen LogP contribution < -0.4 is 16.2 Å². The van der Waals surface area contributed by atoms with Gasteiger partial charge in [0, 0.05) is 12.2 Å². The number of sulfonamides is 1. The number of primary amides is 1. The zero-order valence-electron chi connectivity index (χ0n) is 9.63. The molecule has 0 aliphatic rings. The third kappa shape index (κ3) is 5.02. The number of carbonyl (C=O) groups is 1. The van der Waals surface area contributed by atoms with E-state index < -0.39 is 16.1 Å². The molecule has 0 radical (unpaired) electrons. The number of amides is 1. The maximum absolute atomic E-state index is 11.7. The summed E-state index contributed by atoms with van der Waals surface area (Å²) in [5.74, 6) is -0.226. The molecular formula is C10H15N3O4S. The number of hydrogen-bond acceptors (Lipinski definition) is 5. The molecule has 100 valence electrons. The fourth-order valence-corrected chi connectivity index (χ4v) is 2.44. The average molecular weight is 273 g/mol. The van der Waals surface area contributed by atoms with Crippen molar-refractivity contribution in [2.45, 2.75) is 5.75 Å². The molecule has 0 aliphatic heterocycles. The van der Waals surface area contributed by atoms with Crippen LogP contribution in [0.15, 0.2) is 24.3 Å². The molecule has 1 amide bonds. The lowest BCUT2D eigenvalue weighted by Gasteiger charge is -2.08. The van der Waals surface area contributed by atoms with Crippen LogP contribution in [0.5, 0.6) is 0 Å². The molecule has 0 heterocycles. The fraction of sp³-hybridized carbons (Fsp3) is 0.300. The Kier molecular flexibility index (Phi) is 4.93. The number of rotatable bonds is 6. The lowest BCUT2D eigenvalue weighted by Crippen LogP contribution is -2.30. The summed E-state index contributed by atoms with van der Waals surface area (Å²) in [4.78, 5) is 10.3. The van der Waals surface area contributed by atoms with Crippen LogP contribution in [0.2, 0.25) is 0 Å². The van der Waals surface area contributed by atoms with E-state index in [0.717, 1.165) is 0 Å². The first-order valence-electron chi connectivity index (χ1n) is 5.13. The van der Waals surface area contributed by atoms with E-state index in [-0.39, 0.29) is 18.9 Å². The third-order valence-corrected chi connectivity index (χ3v) is 3.40. The second-order valence-corrected chi connectivity index (χ2v) is 5.33. The van der Waals surface area contributed by atoms with Crippen molar-refractivity contribution in [2.75, 3.05) is 18.9 Å². The van der Waals surface area contributed by atoms with Crippen molar-refractivity contribution in [1.29, 1.82) is 0 Å². The number of anilines is 1. The number of para-hydroxylation sites is 1. The summed E-state index contributed by atoms with van der Waals surface area (Å²) in [5.41, 5.74) is 11.3. The Labute approximate surface area is 105 Å². The van der Waals surface area contributed by atoms with Crippen molar-refractivity contribution in [3.63, 3.8) is 0 Å². The van der Waals surface area contributed by atoms with Crippen LogP contribution in [-0.4, -0.2) is 27.7 Å². The summed E-state index contributed by atoms with van der Waals surface area (Å²) in [5, 5.41) is 0. The van der Waals surface area contributed by atoms with Crippen molar-refractivity contribution >= 4 is 21.8 Å². The molecule has 0 bridgehead atoms. The van der Waals surface area contributed by atoms with Crippen molar-refractivity contribution < 1.29 is 17.9 Å². The molecule has 0 saturated carbocycles. The molecule has 0 spiro atoms. The van der Waals surface area contributed by atoms with Gasteiger partial charge in [0.2, 0.25) is 10.0 Å². The van der Waals surface area contributed by atoms with Gasteiger partial charge in [-0.1, -0.05) is 18.2 Å². The highest BCUT2D eigenvalue weighted by molar-refractivity contribution is 7.88. The largest absolute Gasteiger partial charge is 0.448 e. The fourth-order valence-electron chi connectivity index (χ4n) is 1.27. The van der Waals surface area contributed by atoms with Crippen LogP contribution in [-0.2, 0) is 20.5 Å². The number of nitrogen functional groups attached to an aromatic ring is 1. The van der Waals surface area contributed by atoms with E-state index in [9.17, 15) is 13.2 Å². The lowest BCUT2D eigenvalue weighted by molar-refractivity contribution is 0.159. The first kappa shape index (κ1) is 14.3. The van der Waals surface area contributed by atoms with E-state index in [1.165, 1.54) is 0 Å². The zero-order valence-corrected chi connectivity index (χ0v) is 10.4. The number of carbonyl (C=O) groups excluding carboxylic acids is 1. The van der Waals surface area contributed by atoms with Gasteiger partial charge in [-0.15, -0.1) is 0 Å². The summed E-state index contributed by atoms with van der Waals surface area (Å²) >= 11 is 0. The van der Waals surface area contributed by atoms with Crippen LogP contribution in [0.1, 0.15) is 5.56 Å². The molecule has 0 aromatic heterocycles. The van der Waals surface area contributed by atoms with Crippen LogP contribution in [0, 0.1) is 0 Å². The third-order valence-electron chi connectivity index (χ3n) is 2.07. The van der Waals surface area contributed by atoms with Gasteiger partial charge in [-0.25, -0.2) is 17.9 Å². The van der Waals surface area contributed by atoms with Gasteiger partial charge in [0.15, 0.2) is 0 Å². The van der Waals surface area contributed by atoms with Crippen LogP contribution in [0.4, 0.5) is 10.5 Å². The molecule has 0 aliphatic carbocycles. The normalized spacial score (nSPS) is 11.1. The molecule has 1 aromatic rings. The monoisotopic (exact) mass is 273 g/mol. The van der Waals surface area contributed by atoms with E-state index in [2.05, 4.69) is 9.46 Å². The van der Waals surface area contributed by atoms with E-state index in [1.807, 2.05) is 0 Å². The first-order valence-corrected chi connectivity index (χ1v) is 6.79. The van der Waals surface area contributed by atoms with Crippen LogP contribution >= 0.6 is 0 Å². The molecule has 5 N–H and O–H groups in total. The van der Waals surface area contributed by atoms with Crippen molar-refractivity contribution in [2.24, 2.45) is 5.73 Å². The van der Waals surface area contributed by atoms with E-state index >= 15 is 0 Å². The van der Waals surface area contributed by atoms with Gasteiger partial charge in [-0.2, -0.15) is 0 Å². The van der Waals surface area contributed by atoms with Gasteiger partial charge in [0.05, 0.1) is 5.75 Å². The Balaban J connectivity index is 2.50. The molecule has 0 unspecified atom stereocenters. The Bertz CT molecular complexity index is 516. The Morgan fingerprint density at radius 3 is 2.61 bits per heavy atom. The number of ether oxygens (including phenoxy) is 1. The number of nitrogens with two attached hydrogens (primary N) is 2. The smallest absolute Gasteiger partial charge is 0.404 e. The zero-order chi connectivity index (χ0) is 13.6. The summed E-state index contributed by atoms with van der Waals surface area (Å²) in [6.45, 7) is -0.142. The molecular weight excluding hydrogens is 258 g/mol.